The normalized spacial score (nSPS) is 12.4. The Balaban J connectivity index is 2.37. The predicted octanol–water partition coefficient (Wildman–Crippen LogP) is 2.47. The van der Waals surface area contributed by atoms with Crippen LogP contribution >= 0.6 is 0 Å². The first-order chi connectivity index (χ1) is 7.29. The van der Waals surface area contributed by atoms with Gasteiger partial charge >= 0.3 is 0 Å². The Kier molecular flexibility index (Phi) is 2.79. The number of nitrogens with zero attached hydrogens (tertiary/aromatic N) is 1. The number of aryl methyl sites for hydroxylation is 1. The van der Waals surface area contributed by atoms with Crippen molar-refractivity contribution in [2.45, 2.75) is 13.0 Å². The van der Waals surface area contributed by atoms with E-state index in [9.17, 15) is 5.11 Å². The van der Waals surface area contributed by atoms with Crippen molar-refractivity contribution in [1.29, 1.82) is 0 Å². The van der Waals surface area contributed by atoms with Gasteiger partial charge in [0.25, 0.3) is 0 Å². The maximum Gasteiger partial charge on any atom is 0.121 e. The Morgan fingerprint density at radius 3 is 2.47 bits per heavy atom. The summed E-state index contributed by atoms with van der Waals surface area (Å²) in [5.41, 5.74) is 2.68. The van der Waals surface area contributed by atoms with Crippen LogP contribution in [0, 0.1) is 6.92 Å². The van der Waals surface area contributed by atoms with Crippen LogP contribution in [0.3, 0.4) is 0 Å². The summed E-state index contributed by atoms with van der Waals surface area (Å²) < 4.78 is 0. The minimum Gasteiger partial charge on any atom is -0.382 e. The molecule has 0 radical (unpaired) electrons. The summed E-state index contributed by atoms with van der Waals surface area (Å²) in [6.45, 7) is 1.99. The topological polar surface area (TPSA) is 33.1 Å². The maximum atomic E-state index is 10.1. The van der Waals surface area contributed by atoms with Crippen LogP contribution in [0.4, 0.5) is 0 Å². The molecule has 1 aromatic heterocycles. The van der Waals surface area contributed by atoms with Crippen molar-refractivity contribution in [1.82, 2.24) is 4.98 Å². The number of pyridine rings is 1. The molecule has 0 aliphatic heterocycles. The molecular weight excluding hydrogens is 186 g/mol. The summed E-state index contributed by atoms with van der Waals surface area (Å²) >= 11 is 0. The molecule has 2 aromatic rings. The zero-order chi connectivity index (χ0) is 10.7. The van der Waals surface area contributed by atoms with Crippen LogP contribution < -0.4 is 0 Å². The number of benzene rings is 1. The Morgan fingerprint density at radius 1 is 1.07 bits per heavy atom. The molecule has 0 bridgehead atoms. The van der Waals surface area contributed by atoms with E-state index in [2.05, 4.69) is 4.98 Å². The van der Waals surface area contributed by atoms with Gasteiger partial charge in [0.15, 0.2) is 0 Å². The zero-order valence-corrected chi connectivity index (χ0v) is 8.59. The van der Waals surface area contributed by atoms with Gasteiger partial charge in [0.1, 0.15) is 6.10 Å². The van der Waals surface area contributed by atoms with Gasteiger partial charge in [0.2, 0.25) is 0 Å². The highest BCUT2D eigenvalue weighted by molar-refractivity contribution is 5.32. The molecule has 0 aliphatic rings. The molecule has 0 amide bonds. The fourth-order valence-corrected chi connectivity index (χ4v) is 1.59. The second-order valence-corrected chi connectivity index (χ2v) is 3.51. The molecule has 0 saturated carbocycles. The molecule has 2 nitrogen and oxygen atoms in total. The van der Waals surface area contributed by atoms with Gasteiger partial charge in [-0.3, -0.25) is 4.98 Å². The first-order valence-corrected chi connectivity index (χ1v) is 4.93. The SMILES string of the molecule is Cc1ccccc1[C@@H](O)c1ccccn1. The molecule has 2 rings (SSSR count). The van der Waals surface area contributed by atoms with Gasteiger partial charge in [-0.15, -0.1) is 0 Å². The lowest BCUT2D eigenvalue weighted by Crippen LogP contribution is -2.03. The summed E-state index contributed by atoms with van der Waals surface area (Å²) in [5.74, 6) is 0. The lowest BCUT2D eigenvalue weighted by atomic mass is 10.0. The minimum atomic E-state index is -0.632. The summed E-state index contributed by atoms with van der Waals surface area (Å²) in [7, 11) is 0. The highest BCUT2D eigenvalue weighted by Gasteiger charge is 2.12. The van der Waals surface area contributed by atoms with Crippen molar-refractivity contribution in [3.8, 4) is 0 Å². The van der Waals surface area contributed by atoms with Crippen molar-refractivity contribution < 1.29 is 5.11 Å². The van der Waals surface area contributed by atoms with E-state index in [4.69, 9.17) is 0 Å². The molecular formula is C13H13NO. The first-order valence-electron chi connectivity index (χ1n) is 4.93. The molecule has 0 unspecified atom stereocenters. The number of hydrogen-bond acceptors (Lipinski definition) is 2. The third kappa shape index (κ3) is 2.05. The van der Waals surface area contributed by atoms with Crippen molar-refractivity contribution >= 4 is 0 Å². The number of aliphatic hydroxyl groups is 1. The molecule has 1 atom stereocenters. The lowest BCUT2D eigenvalue weighted by Gasteiger charge is -2.12. The third-order valence-corrected chi connectivity index (χ3v) is 2.45. The van der Waals surface area contributed by atoms with Gasteiger partial charge < -0.3 is 5.11 Å². The van der Waals surface area contributed by atoms with Gasteiger partial charge in [-0.2, -0.15) is 0 Å². The summed E-state index contributed by atoms with van der Waals surface area (Å²) in [6, 6.07) is 13.4. The lowest BCUT2D eigenvalue weighted by molar-refractivity contribution is 0.214. The van der Waals surface area contributed by atoms with Crippen molar-refractivity contribution in [2.24, 2.45) is 0 Å². The fourth-order valence-electron chi connectivity index (χ4n) is 1.59. The zero-order valence-electron chi connectivity index (χ0n) is 8.59. The van der Waals surface area contributed by atoms with E-state index in [-0.39, 0.29) is 0 Å². The summed E-state index contributed by atoms with van der Waals surface area (Å²) in [4.78, 5) is 4.15. The molecule has 0 saturated heterocycles. The number of rotatable bonds is 2. The monoisotopic (exact) mass is 199 g/mol. The van der Waals surface area contributed by atoms with Gasteiger partial charge in [0, 0.05) is 6.20 Å². The molecule has 1 heterocycles. The van der Waals surface area contributed by atoms with E-state index in [1.165, 1.54) is 0 Å². The second kappa shape index (κ2) is 4.24. The van der Waals surface area contributed by atoms with Crippen LogP contribution in [-0.2, 0) is 0 Å². The molecule has 2 heteroatoms. The van der Waals surface area contributed by atoms with Crippen molar-refractivity contribution in [3.63, 3.8) is 0 Å². The Hall–Kier alpha value is -1.67. The van der Waals surface area contributed by atoms with Gasteiger partial charge in [-0.25, -0.2) is 0 Å². The first kappa shape index (κ1) is 9.87. The van der Waals surface area contributed by atoms with Crippen molar-refractivity contribution in [2.75, 3.05) is 0 Å². The smallest absolute Gasteiger partial charge is 0.121 e. The van der Waals surface area contributed by atoms with E-state index in [0.29, 0.717) is 5.69 Å². The molecule has 0 fully saturated rings. The van der Waals surface area contributed by atoms with Crippen molar-refractivity contribution in [3.05, 3.63) is 65.5 Å². The Labute approximate surface area is 89.2 Å². The van der Waals surface area contributed by atoms with Gasteiger partial charge in [-0.1, -0.05) is 30.3 Å². The van der Waals surface area contributed by atoms with Crippen LogP contribution in [0.25, 0.3) is 0 Å². The van der Waals surface area contributed by atoms with Crippen LogP contribution in [0.5, 0.6) is 0 Å². The average molecular weight is 199 g/mol. The second-order valence-electron chi connectivity index (χ2n) is 3.51. The number of hydrogen-bond donors (Lipinski definition) is 1. The highest BCUT2D eigenvalue weighted by Crippen LogP contribution is 2.22. The molecule has 1 aromatic carbocycles. The van der Waals surface area contributed by atoms with Gasteiger partial charge in [0.05, 0.1) is 5.69 Å². The average Bonchev–Trinajstić information content (AvgIpc) is 2.30. The maximum absolute atomic E-state index is 10.1. The standard InChI is InChI=1S/C13H13NO/c1-10-6-2-3-7-11(10)13(15)12-8-4-5-9-14-12/h2-9,13,15H,1H3/t13-/m1/s1. The minimum absolute atomic E-state index is 0.632. The highest BCUT2D eigenvalue weighted by atomic mass is 16.3. The largest absolute Gasteiger partial charge is 0.382 e. The fraction of sp³-hybridized carbons (Fsp3) is 0.154. The molecule has 0 aliphatic carbocycles. The van der Waals surface area contributed by atoms with Crippen LogP contribution in [0.15, 0.2) is 48.7 Å². The van der Waals surface area contributed by atoms with Gasteiger partial charge in [-0.05, 0) is 30.2 Å². The van der Waals surface area contributed by atoms with Crippen LogP contribution in [-0.4, -0.2) is 10.1 Å². The van der Waals surface area contributed by atoms with E-state index >= 15 is 0 Å². The Bertz CT molecular complexity index is 439. The molecule has 1 N–H and O–H groups in total. The predicted molar refractivity (Wildman–Crippen MR) is 59.5 cm³/mol. The van der Waals surface area contributed by atoms with Crippen LogP contribution in [0.1, 0.15) is 22.9 Å². The van der Waals surface area contributed by atoms with E-state index < -0.39 is 6.10 Å². The quantitative estimate of drug-likeness (QED) is 0.806. The molecule has 76 valence electrons. The third-order valence-electron chi connectivity index (χ3n) is 2.45. The number of aromatic nitrogens is 1. The summed E-state index contributed by atoms with van der Waals surface area (Å²) in [6.07, 6.45) is 1.06. The number of aliphatic hydroxyl groups excluding tert-OH is 1. The van der Waals surface area contributed by atoms with E-state index in [1.807, 2.05) is 49.4 Å². The summed E-state index contributed by atoms with van der Waals surface area (Å²) in [5, 5.41) is 10.1. The van der Waals surface area contributed by atoms with E-state index in [1.54, 1.807) is 6.20 Å². The van der Waals surface area contributed by atoms with E-state index in [0.717, 1.165) is 11.1 Å². The Morgan fingerprint density at radius 2 is 1.80 bits per heavy atom. The van der Waals surface area contributed by atoms with Crippen LogP contribution in [0.2, 0.25) is 0 Å². The molecule has 15 heavy (non-hydrogen) atoms. The molecule has 0 spiro atoms.